The van der Waals surface area contributed by atoms with Crippen LogP contribution in [0.1, 0.15) is 34.1 Å². The summed E-state index contributed by atoms with van der Waals surface area (Å²) in [6.45, 7) is 7.05. The fourth-order valence-corrected chi connectivity index (χ4v) is 0.943. The number of rotatable bonds is 4. The number of hydrogen-bond donors (Lipinski definition) is 2. The summed E-state index contributed by atoms with van der Waals surface area (Å²) in [5.41, 5.74) is -0.877. The highest BCUT2D eigenvalue weighted by Gasteiger charge is 2.29. The molecule has 3 heteroatoms. The molecule has 0 aliphatic rings. The molecule has 0 spiro atoms. The van der Waals surface area contributed by atoms with Gasteiger partial charge < -0.3 is 10.2 Å². The van der Waals surface area contributed by atoms with Crippen molar-refractivity contribution in [1.29, 1.82) is 0 Å². The molecular formula is C9H18O3. The molecule has 2 N–H and O–H groups in total. The Labute approximate surface area is 73.4 Å². The molecular weight excluding hydrogens is 156 g/mol. The summed E-state index contributed by atoms with van der Waals surface area (Å²) >= 11 is 0. The van der Waals surface area contributed by atoms with Gasteiger partial charge in [0.1, 0.15) is 0 Å². The first kappa shape index (κ1) is 11.4. The summed E-state index contributed by atoms with van der Waals surface area (Å²) in [7, 11) is 0. The second-order valence-corrected chi connectivity index (χ2v) is 3.96. The Balaban J connectivity index is 4.15. The Morgan fingerprint density at radius 1 is 1.42 bits per heavy atom. The first-order valence-electron chi connectivity index (χ1n) is 4.22. The number of aliphatic carboxylic acids is 1. The SMILES string of the molecule is CC(CC(C)(O)C(C)C)C(=O)O. The number of hydrogen-bond acceptors (Lipinski definition) is 2. The highest BCUT2D eigenvalue weighted by molar-refractivity contribution is 5.69. The van der Waals surface area contributed by atoms with Crippen LogP contribution < -0.4 is 0 Å². The fourth-order valence-electron chi connectivity index (χ4n) is 0.943. The molecule has 0 aromatic carbocycles. The van der Waals surface area contributed by atoms with E-state index in [1.807, 2.05) is 13.8 Å². The third-order valence-corrected chi connectivity index (χ3v) is 2.38. The van der Waals surface area contributed by atoms with E-state index in [2.05, 4.69) is 0 Å². The molecule has 3 nitrogen and oxygen atoms in total. The zero-order chi connectivity index (χ0) is 9.94. The van der Waals surface area contributed by atoms with Crippen molar-refractivity contribution in [1.82, 2.24) is 0 Å². The molecule has 0 aromatic rings. The van der Waals surface area contributed by atoms with Crippen molar-refractivity contribution >= 4 is 5.97 Å². The Bertz CT molecular complexity index is 161. The lowest BCUT2D eigenvalue weighted by Gasteiger charge is -2.29. The molecule has 0 aromatic heterocycles. The summed E-state index contributed by atoms with van der Waals surface area (Å²) in [5, 5.41) is 18.4. The van der Waals surface area contributed by atoms with Crippen molar-refractivity contribution in [2.24, 2.45) is 11.8 Å². The average Bonchev–Trinajstić information content (AvgIpc) is 1.85. The van der Waals surface area contributed by atoms with Crippen molar-refractivity contribution in [2.45, 2.75) is 39.7 Å². The topological polar surface area (TPSA) is 57.5 Å². The van der Waals surface area contributed by atoms with Gasteiger partial charge in [0.15, 0.2) is 0 Å². The second-order valence-electron chi connectivity index (χ2n) is 3.96. The largest absolute Gasteiger partial charge is 0.481 e. The average molecular weight is 174 g/mol. The quantitative estimate of drug-likeness (QED) is 0.679. The summed E-state index contributed by atoms with van der Waals surface area (Å²) < 4.78 is 0. The Hall–Kier alpha value is -0.570. The van der Waals surface area contributed by atoms with Crippen molar-refractivity contribution in [3.63, 3.8) is 0 Å². The van der Waals surface area contributed by atoms with E-state index in [0.717, 1.165) is 0 Å². The zero-order valence-corrected chi connectivity index (χ0v) is 8.16. The molecule has 0 fully saturated rings. The van der Waals surface area contributed by atoms with E-state index in [0.29, 0.717) is 6.42 Å². The smallest absolute Gasteiger partial charge is 0.306 e. The highest BCUT2D eigenvalue weighted by Crippen LogP contribution is 2.24. The molecule has 2 atom stereocenters. The molecule has 72 valence electrons. The van der Waals surface area contributed by atoms with Crippen LogP contribution in [-0.2, 0) is 4.79 Å². The van der Waals surface area contributed by atoms with Gasteiger partial charge in [-0.25, -0.2) is 0 Å². The first-order chi connectivity index (χ1) is 5.27. The van der Waals surface area contributed by atoms with Crippen LogP contribution in [0.15, 0.2) is 0 Å². The van der Waals surface area contributed by atoms with Crippen molar-refractivity contribution in [3.05, 3.63) is 0 Å². The number of carboxylic acid groups (broad SMARTS) is 1. The number of carbonyl (C=O) groups is 1. The first-order valence-corrected chi connectivity index (χ1v) is 4.22. The van der Waals surface area contributed by atoms with E-state index >= 15 is 0 Å². The van der Waals surface area contributed by atoms with E-state index in [1.165, 1.54) is 0 Å². The third kappa shape index (κ3) is 3.22. The summed E-state index contributed by atoms with van der Waals surface area (Å²) in [6, 6.07) is 0. The minimum absolute atomic E-state index is 0.0827. The van der Waals surface area contributed by atoms with E-state index in [9.17, 15) is 9.90 Å². The molecule has 0 bridgehead atoms. The van der Waals surface area contributed by atoms with Gasteiger partial charge >= 0.3 is 5.97 Å². The van der Waals surface area contributed by atoms with Crippen molar-refractivity contribution in [2.75, 3.05) is 0 Å². The van der Waals surface area contributed by atoms with Crippen LogP contribution >= 0.6 is 0 Å². The maximum Gasteiger partial charge on any atom is 0.306 e. The van der Waals surface area contributed by atoms with Gasteiger partial charge in [0.05, 0.1) is 11.5 Å². The van der Waals surface area contributed by atoms with Gasteiger partial charge in [0, 0.05) is 0 Å². The van der Waals surface area contributed by atoms with Gasteiger partial charge in [-0.15, -0.1) is 0 Å². The van der Waals surface area contributed by atoms with E-state index in [-0.39, 0.29) is 5.92 Å². The normalized spacial score (nSPS) is 18.8. The number of aliphatic hydroxyl groups is 1. The molecule has 0 rings (SSSR count). The fraction of sp³-hybridized carbons (Fsp3) is 0.889. The van der Waals surface area contributed by atoms with Gasteiger partial charge in [-0.2, -0.15) is 0 Å². The maximum atomic E-state index is 10.5. The summed E-state index contributed by atoms with van der Waals surface area (Å²) in [5.74, 6) is -1.25. The monoisotopic (exact) mass is 174 g/mol. The number of carboxylic acids is 1. The minimum atomic E-state index is -0.877. The van der Waals surface area contributed by atoms with Gasteiger partial charge in [-0.05, 0) is 19.3 Å². The van der Waals surface area contributed by atoms with Crippen molar-refractivity contribution in [3.8, 4) is 0 Å². The lowest BCUT2D eigenvalue weighted by atomic mass is 9.84. The van der Waals surface area contributed by atoms with Crippen LogP contribution in [0.2, 0.25) is 0 Å². The molecule has 0 saturated carbocycles. The van der Waals surface area contributed by atoms with E-state index in [1.54, 1.807) is 13.8 Å². The van der Waals surface area contributed by atoms with E-state index in [4.69, 9.17) is 5.11 Å². The van der Waals surface area contributed by atoms with Crippen LogP contribution in [0.4, 0.5) is 0 Å². The maximum absolute atomic E-state index is 10.5. The molecule has 0 radical (unpaired) electrons. The predicted molar refractivity (Wildman–Crippen MR) is 46.9 cm³/mol. The summed E-state index contributed by atoms with van der Waals surface area (Å²) in [6.07, 6.45) is 0.306. The second kappa shape index (κ2) is 3.90. The Kier molecular flexibility index (Phi) is 3.71. The van der Waals surface area contributed by atoms with Crippen molar-refractivity contribution < 1.29 is 15.0 Å². The van der Waals surface area contributed by atoms with Crippen LogP contribution in [-0.4, -0.2) is 21.8 Å². The lowest BCUT2D eigenvalue weighted by molar-refractivity contribution is -0.144. The Morgan fingerprint density at radius 2 is 1.83 bits per heavy atom. The minimum Gasteiger partial charge on any atom is -0.481 e. The molecule has 0 saturated heterocycles. The van der Waals surface area contributed by atoms with Crippen LogP contribution in [0.3, 0.4) is 0 Å². The Morgan fingerprint density at radius 3 is 2.08 bits per heavy atom. The molecule has 2 unspecified atom stereocenters. The van der Waals surface area contributed by atoms with Gasteiger partial charge in [-0.3, -0.25) is 4.79 Å². The molecule has 12 heavy (non-hydrogen) atoms. The van der Waals surface area contributed by atoms with Gasteiger partial charge in [0.25, 0.3) is 0 Å². The van der Waals surface area contributed by atoms with Crippen LogP contribution in [0, 0.1) is 11.8 Å². The standard InChI is InChI=1S/C9H18O3/c1-6(2)9(4,12)5-7(3)8(10)11/h6-7,12H,5H2,1-4H3,(H,10,11). The predicted octanol–water partition coefficient (Wildman–Crippen LogP) is 1.50. The van der Waals surface area contributed by atoms with Gasteiger partial charge in [-0.1, -0.05) is 20.8 Å². The van der Waals surface area contributed by atoms with Crippen LogP contribution in [0.25, 0.3) is 0 Å². The lowest BCUT2D eigenvalue weighted by Crippen LogP contribution is -2.34. The zero-order valence-electron chi connectivity index (χ0n) is 8.16. The van der Waals surface area contributed by atoms with Crippen LogP contribution in [0.5, 0.6) is 0 Å². The van der Waals surface area contributed by atoms with E-state index < -0.39 is 17.5 Å². The molecule has 0 heterocycles. The third-order valence-electron chi connectivity index (χ3n) is 2.38. The highest BCUT2D eigenvalue weighted by atomic mass is 16.4. The molecule has 0 aliphatic heterocycles. The molecule has 0 aliphatic carbocycles. The summed E-state index contributed by atoms with van der Waals surface area (Å²) in [4.78, 5) is 10.5. The molecule has 0 amide bonds. The van der Waals surface area contributed by atoms with Gasteiger partial charge in [0.2, 0.25) is 0 Å².